The Bertz CT molecular complexity index is 1770. The van der Waals surface area contributed by atoms with Gasteiger partial charge in [0.2, 0.25) is 0 Å². The second-order valence-electron chi connectivity index (χ2n) is 7.09. The van der Waals surface area contributed by atoms with E-state index in [2.05, 4.69) is 15.3 Å². The average Bonchev–Trinajstić information content (AvgIpc) is 3.05. The fraction of sp³-hybridized carbons (Fsp3) is 0.0500. The molecule has 0 radical (unpaired) electrons. The molecule has 0 aliphatic rings. The van der Waals surface area contributed by atoms with Crippen molar-refractivity contribution in [3.05, 3.63) is 70.6 Å². The molecule has 0 atom stereocenters. The Morgan fingerprint density at radius 1 is 0.971 bits per heavy atom. The topological polar surface area (TPSA) is 189 Å². The molecule has 0 amide bonds. The van der Waals surface area contributed by atoms with Crippen LogP contribution in [0, 0.1) is 6.92 Å². The van der Waals surface area contributed by atoms with Crippen molar-refractivity contribution in [2.75, 3.05) is 0 Å². The molecule has 12 nitrogen and oxygen atoms in total. The van der Waals surface area contributed by atoms with Crippen LogP contribution in [-0.4, -0.2) is 40.8 Å². The Morgan fingerprint density at radius 3 is 2.26 bits per heavy atom. The van der Waals surface area contributed by atoms with Crippen LogP contribution in [0.2, 0.25) is 0 Å². The van der Waals surface area contributed by atoms with Crippen LogP contribution >= 0.6 is 0 Å². The first-order chi connectivity index (χ1) is 15.9. The van der Waals surface area contributed by atoms with Gasteiger partial charge in [-0.1, -0.05) is 42.9 Å². The number of benzene rings is 3. The first-order valence-electron chi connectivity index (χ1n) is 9.36. The Hall–Kier alpha value is -3.32. The summed E-state index contributed by atoms with van der Waals surface area (Å²) < 4.78 is 65.7. The zero-order valence-corrected chi connectivity index (χ0v) is 20.5. The molecule has 0 aliphatic heterocycles. The van der Waals surface area contributed by atoms with E-state index in [9.17, 15) is 35.8 Å². The van der Waals surface area contributed by atoms with Gasteiger partial charge < -0.3 is 15.0 Å². The summed E-state index contributed by atoms with van der Waals surface area (Å²) in [7, 11) is -9.16. The zero-order chi connectivity index (χ0) is 24.8. The smallest absolute Gasteiger partial charge is 0.506 e. The van der Waals surface area contributed by atoms with Gasteiger partial charge in [-0.25, -0.2) is 9.78 Å². The van der Waals surface area contributed by atoms with E-state index in [1.54, 1.807) is 6.07 Å². The molecule has 0 saturated heterocycles. The first kappa shape index (κ1) is 26.3. The summed E-state index contributed by atoms with van der Waals surface area (Å²) in [5.74, 6) is -0.603. The minimum Gasteiger partial charge on any atom is -0.506 e. The van der Waals surface area contributed by atoms with Crippen molar-refractivity contribution in [3.63, 3.8) is 0 Å². The van der Waals surface area contributed by atoms with Crippen LogP contribution in [0.3, 0.4) is 0 Å². The number of aryl methyl sites for hydroxylation is 1. The van der Waals surface area contributed by atoms with Gasteiger partial charge in [-0.05, 0) is 18.2 Å². The van der Waals surface area contributed by atoms with Crippen molar-refractivity contribution in [2.45, 2.75) is 16.7 Å². The number of phenols is 1. The van der Waals surface area contributed by atoms with E-state index in [0.717, 1.165) is 22.9 Å². The molecule has 3 aromatic carbocycles. The fourth-order valence-electron chi connectivity index (χ4n) is 3.29. The van der Waals surface area contributed by atoms with Gasteiger partial charge in [-0.15, -0.1) is 5.69 Å². The number of nitrogens with zero attached hydrogens (tertiary/aromatic N) is 4. The molecule has 0 saturated carbocycles. The Balaban J connectivity index is 0.00000228. The van der Waals surface area contributed by atoms with Crippen molar-refractivity contribution in [3.8, 4) is 11.4 Å². The summed E-state index contributed by atoms with van der Waals surface area (Å²) in [5.41, 5.74) is -0.950. The van der Waals surface area contributed by atoms with E-state index in [1.165, 1.54) is 37.3 Å². The van der Waals surface area contributed by atoms with Gasteiger partial charge in [0.15, 0.2) is 0 Å². The summed E-state index contributed by atoms with van der Waals surface area (Å²) in [5, 5.41) is 22.4. The second kappa shape index (κ2) is 9.38. The fourth-order valence-corrected chi connectivity index (χ4v) is 4.53. The zero-order valence-electron chi connectivity index (χ0n) is 19.6. The third-order valence-electron chi connectivity index (χ3n) is 4.83. The number of aromatic nitrogens is 2. The van der Waals surface area contributed by atoms with E-state index in [0.29, 0.717) is 0 Å². The number of rotatable bonds is 5. The molecule has 15 heteroatoms. The monoisotopic (exact) mass is 557 g/mol. The molecule has 0 unspecified atom stereocenters. The third kappa shape index (κ3) is 5.05. The number of aromatic hydroxyl groups is 1. The van der Waals surface area contributed by atoms with Crippen molar-refractivity contribution in [1.29, 1.82) is 0 Å². The number of fused-ring (bicyclic) bond motifs is 1. The van der Waals surface area contributed by atoms with Gasteiger partial charge in [-0.2, -0.15) is 21.9 Å². The van der Waals surface area contributed by atoms with Crippen LogP contribution in [0.25, 0.3) is 16.5 Å². The van der Waals surface area contributed by atoms with E-state index >= 15 is 0 Å². The van der Waals surface area contributed by atoms with Gasteiger partial charge in [0, 0.05) is 34.2 Å². The summed E-state index contributed by atoms with van der Waals surface area (Å²) in [6, 6.07) is 11.7. The molecule has 1 heterocycles. The Labute approximate surface area is 212 Å². The van der Waals surface area contributed by atoms with Crippen molar-refractivity contribution >= 4 is 42.4 Å². The van der Waals surface area contributed by atoms with Crippen LogP contribution in [-0.2, 0) is 37.6 Å². The third-order valence-corrected chi connectivity index (χ3v) is 6.58. The predicted octanol–water partition coefficient (Wildman–Crippen LogP) is 3.25. The Kier molecular flexibility index (Phi) is 7.05. The largest absolute Gasteiger partial charge is 1.00 e. The van der Waals surface area contributed by atoms with Gasteiger partial charge in [-0.3, -0.25) is 9.11 Å². The van der Waals surface area contributed by atoms with Crippen LogP contribution < -0.4 is 5.56 Å². The molecule has 0 bridgehead atoms. The molecule has 0 fully saturated rings. The molecule has 4 rings (SSSR count). The summed E-state index contributed by atoms with van der Waals surface area (Å²) in [6.07, 6.45) is 0. The number of azo groups is 1. The van der Waals surface area contributed by atoms with E-state index in [-0.39, 0.29) is 53.7 Å². The number of phenolic OH excluding ortho intramolecular Hbond substituents is 1. The summed E-state index contributed by atoms with van der Waals surface area (Å²) in [4.78, 5) is 11.9. The molecule has 0 spiro atoms. The Morgan fingerprint density at radius 2 is 1.63 bits per heavy atom. The molecular formula is C20H17CrN4O8S2+. The van der Waals surface area contributed by atoms with Crippen molar-refractivity contribution in [1.82, 2.24) is 9.78 Å². The van der Waals surface area contributed by atoms with E-state index in [1.807, 2.05) is 0 Å². The maximum absolute atomic E-state index is 12.9. The SMILES string of the molecule is Cc1nn(-c2cccc(S(=O)(=O)O)c2)c(=O)[c-]1N=Nc1c(O)cc(S(=O)(=O)O)c2ccccc12.[Cr].[H+].[H+]. The molecule has 3 N–H and O–H groups in total. The van der Waals surface area contributed by atoms with Crippen LogP contribution in [0.1, 0.15) is 8.55 Å². The summed E-state index contributed by atoms with van der Waals surface area (Å²) >= 11 is 0. The van der Waals surface area contributed by atoms with Gasteiger partial charge in [0.25, 0.3) is 20.2 Å². The number of hydrogen-bond acceptors (Lipinski definition) is 9. The van der Waals surface area contributed by atoms with Crippen LogP contribution in [0.5, 0.6) is 5.75 Å². The normalized spacial score (nSPS) is 12.2. The minimum atomic E-state index is -4.65. The molecule has 0 aliphatic carbocycles. The quantitative estimate of drug-likeness (QED) is 0.188. The molecule has 4 aromatic rings. The van der Waals surface area contributed by atoms with Gasteiger partial charge >= 0.3 is 2.85 Å². The molecular weight excluding hydrogens is 540 g/mol. The maximum atomic E-state index is 12.9. The second-order valence-corrected chi connectivity index (χ2v) is 9.90. The molecule has 182 valence electrons. The van der Waals surface area contributed by atoms with Gasteiger partial charge in [0.05, 0.1) is 10.6 Å². The standard InChI is InChI=1S/C20H15N4O8S2.Cr/c1-11-18(20(26)24(23-11)12-5-4-6-13(9-12)33(27,28)29)21-22-19-15-8-3-2-7-14(15)17(10-16(19)25)34(30,31)32;/h2-10,25H,1H3,(H,27,28,29)(H,30,31,32);/q-1;/p+2. The van der Waals surface area contributed by atoms with Crippen molar-refractivity contribution in [2.24, 2.45) is 10.2 Å². The van der Waals surface area contributed by atoms with Gasteiger partial charge in [0.1, 0.15) is 21.9 Å². The van der Waals surface area contributed by atoms with E-state index < -0.39 is 41.3 Å². The predicted molar refractivity (Wildman–Crippen MR) is 122 cm³/mol. The van der Waals surface area contributed by atoms with Crippen LogP contribution in [0.4, 0.5) is 11.4 Å². The molecule has 1 aromatic heterocycles. The maximum Gasteiger partial charge on any atom is 1.00 e. The van der Waals surface area contributed by atoms with Crippen LogP contribution in [0.15, 0.2) is 79.4 Å². The number of hydrogen-bond donors (Lipinski definition) is 3. The molecule has 35 heavy (non-hydrogen) atoms. The summed E-state index contributed by atoms with van der Waals surface area (Å²) in [6.45, 7) is 1.46. The van der Waals surface area contributed by atoms with Crippen molar-refractivity contribution < 1.29 is 51.3 Å². The minimum absolute atomic E-state index is 0. The first-order valence-corrected chi connectivity index (χ1v) is 12.2. The van der Waals surface area contributed by atoms with E-state index in [4.69, 9.17) is 0 Å². The average molecular weight is 558 g/mol.